The SMILES string of the molecule is CC(C)Oc1cccc(CNc2ccc(O)c(Cl)c2)c1. The minimum Gasteiger partial charge on any atom is -0.506 e. The fraction of sp³-hybridized carbons (Fsp3) is 0.250. The summed E-state index contributed by atoms with van der Waals surface area (Å²) in [5.74, 6) is 0.951. The lowest BCUT2D eigenvalue weighted by Gasteiger charge is -2.12. The van der Waals surface area contributed by atoms with E-state index in [0.717, 1.165) is 17.0 Å². The second kappa shape index (κ2) is 6.53. The highest BCUT2D eigenvalue weighted by Crippen LogP contribution is 2.26. The van der Waals surface area contributed by atoms with Crippen molar-refractivity contribution in [2.45, 2.75) is 26.5 Å². The molecule has 0 aliphatic rings. The summed E-state index contributed by atoms with van der Waals surface area (Å²) in [6.45, 7) is 4.67. The van der Waals surface area contributed by atoms with Gasteiger partial charge in [-0.15, -0.1) is 0 Å². The Bertz CT molecular complexity index is 584. The van der Waals surface area contributed by atoms with E-state index in [2.05, 4.69) is 5.32 Å². The number of nitrogens with one attached hydrogen (secondary N) is 1. The molecule has 0 radical (unpaired) electrons. The molecule has 4 heteroatoms. The van der Waals surface area contributed by atoms with Crippen molar-refractivity contribution in [2.24, 2.45) is 0 Å². The summed E-state index contributed by atoms with van der Waals surface area (Å²) in [5, 5.41) is 13.0. The highest BCUT2D eigenvalue weighted by molar-refractivity contribution is 6.32. The van der Waals surface area contributed by atoms with Gasteiger partial charge in [-0.2, -0.15) is 0 Å². The maximum atomic E-state index is 9.37. The topological polar surface area (TPSA) is 41.5 Å². The highest BCUT2D eigenvalue weighted by atomic mass is 35.5. The van der Waals surface area contributed by atoms with Crippen molar-refractivity contribution in [3.63, 3.8) is 0 Å². The van der Waals surface area contributed by atoms with E-state index in [1.165, 1.54) is 0 Å². The molecule has 0 unspecified atom stereocenters. The van der Waals surface area contributed by atoms with Gasteiger partial charge in [-0.25, -0.2) is 0 Å². The summed E-state index contributed by atoms with van der Waals surface area (Å²) < 4.78 is 5.66. The maximum absolute atomic E-state index is 9.37. The van der Waals surface area contributed by atoms with Crippen LogP contribution in [0.5, 0.6) is 11.5 Å². The third-order valence-electron chi connectivity index (χ3n) is 2.71. The van der Waals surface area contributed by atoms with Crippen molar-refractivity contribution in [2.75, 3.05) is 5.32 Å². The van der Waals surface area contributed by atoms with Crippen molar-refractivity contribution in [3.05, 3.63) is 53.1 Å². The fourth-order valence-corrected chi connectivity index (χ4v) is 2.00. The second-order valence-electron chi connectivity index (χ2n) is 4.83. The first kappa shape index (κ1) is 14.5. The molecule has 0 aromatic heterocycles. The Morgan fingerprint density at radius 1 is 1.20 bits per heavy atom. The van der Waals surface area contributed by atoms with Crippen molar-refractivity contribution in [1.29, 1.82) is 0 Å². The molecule has 0 fully saturated rings. The lowest BCUT2D eigenvalue weighted by molar-refractivity contribution is 0.242. The monoisotopic (exact) mass is 291 g/mol. The summed E-state index contributed by atoms with van der Waals surface area (Å²) in [4.78, 5) is 0. The number of hydrogen-bond donors (Lipinski definition) is 2. The lowest BCUT2D eigenvalue weighted by atomic mass is 10.2. The van der Waals surface area contributed by atoms with Crippen LogP contribution in [0.1, 0.15) is 19.4 Å². The van der Waals surface area contributed by atoms with Gasteiger partial charge in [0.15, 0.2) is 0 Å². The van der Waals surface area contributed by atoms with Gasteiger partial charge >= 0.3 is 0 Å². The highest BCUT2D eigenvalue weighted by Gasteiger charge is 2.02. The zero-order chi connectivity index (χ0) is 14.5. The second-order valence-corrected chi connectivity index (χ2v) is 5.24. The van der Waals surface area contributed by atoms with Gasteiger partial charge in [-0.05, 0) is 49.7 Å². The minimum absolute atomic E-state index is 0.0875. The molecule has 2 N–H and O–H groups in total. The zero-order valence-electron chi connectivity index (χ0n) is 11.6. The molecule has 0 atom stereocenters. The van der Waals surface area contributed by atoms with Crippen LogP contribution in [-0.2, 0) is 6.54 Å². The summed E-state index contributed by atoms with van der Waals surface area (Å²) in [6.07, 6.45) is 0.161. The molecule has 0 bridgehead atoms. The van der Waals surface area contributed by atoms with Crippen LogP contribution in [0.25, 0.3) is 0 Å². The summed E-state index contributed by atoms with van der Waals surface area (Å²) in [6, 6.07) is 13.0. The Balaban J connectivity index is 2.01. The standard InChI is InChI=1S/C16H18ClNO2/c1-11(2)20-14-5-3-4-12(8-14)10-18-13-6-7-16(19)15(17)9-13/h3-9,11,18-19H,10H2,1-2H3. The molecule has 2 aromatic rings. The van der Waals surface area contributed by atoms with Crippen LogP contribution in [0.15, 0.2) is 42.5 Å². The molecule has 0 aliphatic heterocycles. The molecule has 106 valence electrons. The van der Waals surface area contributed by atoms with Crippen molar-refractivity contribution in [1.82, 2.24) is 0 Å². The van der Waals surface area contributed by atoms with Crippen LogP contribution < -0.4 is 10.1 Å². The average molecular weight is 292 g/mol. The Morgan fingerprint density at radius 2 is 2.00 bits per heavy atom. The molecule has 0 amide bonds. The number of ether oxygens (including phenoxy) is 1. The van der Waals surface area contributed by atoms with Gasteiger partial charge in [0.2, 0.25) is 0 Å². The Kier molecular flexibility index (Phi) is 4.74. The number of phenols is 1. The molecule has 2 aromatic carbocycles. The van der Waals surface area contributed by atoms with E-state index < -0.39 is 0 Å². The first-order valence-corrected chi connectivity index (χ1v) is 6.90. The van der Waals surface area contributed by atoms with E-state index in [0.29, 0.717) is 11.6 Å². The van der Waals surface area contributed by atoms with Crippen molar-refractivity contribution in [3.8, 4) is 11.5 Å². The first-order chi connectivity index (χ1) is 9.54. The van der Waals surface area contributed by atoms with Gasteiger partial charge in [-0.1, -0.05) is 23.7 Å². The van der Waals surface area contributed by atoms with Crippen LogP contribution in [-0.4, -0.2) is 11.2 Å². The van der Waals surface area contributed by atoms with Crippen LogP contribution in [0.4, 0.5) is 5.69 Å². The molecule has 0 saturated carbocycles. The number of anilines is 1. The van der Waals surface area contributed by atoms with Crippen LogP contribution in [0.2, 0.25) is 5.02 Å². The average Bonchev–Trinajstić information content (AvgIpc) is 2.40. The first-order valence-electron chi connectivity index (χ1n) is 6.52. The van der Waals surface area contributed by atoms with Gasteiger partial charge in [0.05, 0.1) is 11.1 Å². The normalized spacial score (nSPS) is 10.6. The lowest BCUT2D eigenvalue weighted by Crippen LogP contribution is -2.06. The molecule has 2 rings (SSSR count). The van der Waals surface area contributed by atoms with Crippen LogP contribution in [0.3, 0.4) is 0 Å². The summed E-state index contributed by atoms with van der Waals surface area (Å²) >= 11 is 5.87. The molecular formula is C16H18ClNO2. The zero-order valence-corrected chi connectivity index (χ0v) is 12.3. The molecule has 0 spiro atoms. The maximum Gasteiger partial charge on any atom is 0.134 e. The number of benzene rings is 2. The third-order valence-corrected chi connectivity index (χ3v) is 3.02. The molecule has 0 saturated heterocycles. The number of halogens is 1. The van der Waals surface area contributed by atoms with Crippen LogP contribution in [0, 0.1) is 0 Å². The number of aromatic hydroxyl groups is 1. The largest absolute Gasteiger partial charge is 0.506 e. The van der Waals surface area contributed by atoms with Crippen LogP contribution >= 0.6 is 11.6 Å². The van der Waals surface area contributed by atoms with E-state index in [4.69, 9.17) is 16.3 Å². The fourth-order valence-electron chi connectivity index (χ4n) is 1.82. The predicted octanol–water partition coefficient (Wildman–Crippen LogP) is 4.44. The van der Waals surface area contributed by atoms with Gasteiger partial charge in [0.1, 0.15) is 11.5 Å². The smallest absolute Gasteiger partial charge is 0.134 e. The van der Waals surface area contributed by atoms with Crippen molar-refractivity contribution < 1.29 is 9.84 Å². The van der Waals surface area contributed by atoms with E-state index in [1.807, 2.05) is 38.1 Å². The summed E-state index contributed by atoms with van der Waals surface area (Å²) in [7, 11) is 0. The van der Waals surface area contributed by atoms with Gasteiger partial charge < -0.3 is 15.2 Å². The third kappa shape index (κ3) is 4.07. The van der Waals surface area contributed by atoms with Crippen molar-refractivity contribution >= 4 is 17.3 Å². The summed E-state index contributed by atoms with van der Waals surface area (Å²) in [5.41, 5.74) is 1.98. The molecule has 3 nitrogen and oxygen atoms in total. The number of rotatable bonds is 5. The number of phenolic OH excluding ortho intramolecular Hbond substituents is 1. The Hall–Kier alpha value is -1.87. The quantitative estimate of drug-likeness (QED) is 0.800. The number of hydrogen-bond acceptors (Lipinski definition) is 3. The molecule has 0 aliphatic carbocycles. The van der Waals surface area contributed by atoms with E-state index in [-0.39, 0.29) is 11.9 Å². The minimum atomic E-state index is 0.0875. The molecule has 0 heterocycles. The molecular weight excluding hydrogens is 274 g/mol. The van der Waals surface area contributed by atoms with E-state index in [1.54, 1.807) is 18.2 Å². The van der Waals surface area contributed by atoms with Gasteiger partial charge in [0, 0.05) is 12.2 Å². The Labute approximate surface area is 124 Å². The van der Waals surface area contributed by atoms with Gasteiger partial charge in [-0.3, -0.25) is 0 Å². The Morgan fingerprint density at radius 3 is 2.70 bits per heavy atom. The van der Waals surface area contributed by atoms with Gasteiger partial charge in [0.25, 0.3) is 0 Å². The van der Waals surface area contributed by atoms with E-state index in [9.17, 15) is 5.11 Å². The predicted molar refractivity (Wildman–Crippen MR) is 82.6 cm³/mol. The van der Waals surface area contributed by atoms with E-state index >= 15 is 0 Å². The molecule has 20 heavy (non-hydrogen) atoms.